The Morgan fingerprint density at radius 3 is 2.47 bits per heavy atom. The Bertz CT molecular complexity index is 739. The molecule has 1 aromatic carbocycles. The van der Waals surface area contributed by atoms with Crippen molar-refractivity contribution in [2.75, 3.05) is 19.6 Å². The number of halogens is 3. The third kappa shape index (κ3) is 6.98. The van der Waals surface area contributed by atoms with Crippen LogP contribution in [0.4, 0.5) is 13.2 Å². The van der Waals surface area contributed by atoms with E-state index in [2.05, 4.69) is 55.3 Å². The van der Waals surface area contributed by atoms with Gasteiger partial charge in [0.1, 0.15) is 0 Å². The van der Waals surface area contributed by atoms with E-state index < -0.39 is 12.1 Å². The van der Waals surface area contributed by atoms with Crippen molar-refractivity contribution in [3.8, 4) is 0 Å². The number of nitrogens with one attached hydrogen (secondary N) is 1. The van der Waals surface area contributed by atoms with Gasteiger partial charge in [0.15, 0.2) is 0 Å². The molecular weight excluding hydrogens is 401 g/mol. The number of carbonyl (C=O) groups is 2. The number of carboxylic acids is 1. The second-order valence-electron chi connectivity index (χ2n) is 8.20. The van der Waals surface area contributed by atoms with Crippen LogP contribution in [0.2, 0.25) is 0 Å². The Balaban J connectivity index is 0.000000396. The molecule has 6 nitrogen and oxygen atoms in total. The van der Waals surface area contributed by atoms with E-state index in [1.807, 2.05) is 0 Å². The van der Waals surface area contributed by atoms with Gasteiger partial charge in [0.25, 0.3) is 0 Å². The van der Waals surface area contributed by atoms with E-state index in [0.717, 1.165) is 32.6 Å². The number of benzene rings is 1. The lowest BCUT2D eigenvalue weighted by molar-refractivity contribution is -0.192. The zero-order chi connectivity index (χ0) is 22.5. The highest BCUT2D eigenvalue weighted by atomic mass is 19.4. The van der Waals surface area contributed by atoms with Gasteiger partial charge >= 0.3 is 12.1 Å². The first-order chi connectivity index (χ1) is 14.0. The summed E-state index contributed by atoms with van der Waals surface area (Å²) in [6.07, 6.45) is -3.98. The molecule has 2 N–H and O–H groups in total. The molecule has 3 rings (SSSR count). The van der Waals surface area contributed by atoms with Gasteiger partial charge in [-0.15, -0.1) is 0 Å². The standard InChI is InChI=1S/C19H28N2O2.C2HF3O2/c1-13(2)9-20-19(22)17-8-16-11-21(12-18(17)23-16)10-15-7-5-4-6-14(15)3;3-2(4,5)1(6)7/h4-7,13,16-18H,8-12H2,1-3H3,(H,20,22);(H,6,7). The first kappa shape index (κ1) is 24.1. The van der Waals surface area contributed by atoms with Crippen LogP contribution in [-0.4, -0.2) is 59.9 Å². The van der Waals surface area contributed by atoms with Crippen molar-refractivity contribution in [2.24, 2.45) is 11.8 Å². The average molecular weight is 430 g/mol. The first-order valence-electron chi connectivity index (χ1n) is 9.97. The Hall–Kier alpha value is -2.13. The number of hydrogen-bond acceptors (Lipinski definition) is 4. The highest BCUT2D eigenvalue weighted by Crippen LogP contribution is 2.33. The summed E-state index contributed by atoms with van der Waals surface area (Å²) in [5.74, 6) is -2.09. The van der Waals surface area contributed by atoms with Gasteiger partial charge in [-0.25, -0.2) is 4.79 Å². The molecule has 0 spiro atoms. The molecular formula is C21H29F3N2O4. The van der Waals surface area contributed by atoms with Crippen molar-refractivity contribution >= 4 is 11.9 Å². The molecule has 2 bridgehead atoms. The monoisotopic (exact) mass is 430 g/mol. The summed E-state index contributed by atoms with van der Waals surface area (Å²) in [7, 11) is 0. The van der Waals surface area contributed by atoms with Gasteiger partial charge in [-0.3, -0.25) is 9.69 Å². The van der Waals surface area contributed by atoms with E-state index >= 15 is 0 Å². The minimum absolute atomic E-state index is 0.0145. The molecule has 1 aromatic rings. The van der Waals surface area contributed by atoms with Gasteiger partial charge < -0.3 is 15.2 Å². The third-order valence-electron chi connectivity index (χ3n) is 5.15. The maximum Gasteiger partial charge on any atom is 0.490 e. The lowest BCUT2D eigenvalue weighted by Crippen LogP contribution is -2.45. The largest absolute Gasteiger partial charge is 0.490 e. The predicted molar refractivity (Wildman–Crippen MR) is 105 cm³/mol. The summed E-state index contributed by atoms with van der Waals surface area (Å²) < 4.78 is 37.8. The van der Waals surface area contributed by atoms with E-state index in [9.17, 15) is 18.0 Å². The molecule has 0 radical (unpaired) electrons. The number of aryl methyl sites for hydroxylation is 1. The first-order valence-corrected chi connectivity index (χ1v) is 9.97. The van der Waals surface area contributed by atoms with Crippen molar-refractivity contribution < 1.29 is 32.6 Å². The highest BCUT2D eigenvalue weighted by Gasteiger charge is 2.44. The number of hydrogen-bond donors (Lipinski definition) is 2. The Morgan fingerprint density at radius 2 is 1.90 bits per heavy atom. The van der Waals surface area contributed by atoms with Gasteiger partial charge in [-0.1, -0.05) is 38.1 Å². The fraction of sp³-hybridized carbons (Fsp3) is 0.619. The normalized spacial score (nSPS) is 23.6. The number of ether oxygens (including phenoxy) is 1. The quantitative estimate of drug-likeness (QED) is 0.751. The lowest BCUT2D eigenvalue weighted by Gasteiger charge is -2.33. The molecule has 0 saturated carbocycles. The fourth-order valence-electron chi connectivity index (χ4n) is 3.61. The lowest BCUT2D eigenvalue weighted by atomic mass is 9.99. The number of aliphatic carboxylic acids is 1. The molecule has 3 unspecified atom stereocenters. The van der Waals surface area contributed by atoms with Crippen molar-refractivity contribution in [3.05, 3.63) is 35.4 Å². The minimum Gasteiger partial charge on any atom is -0.475 e. The van der Waals surface area contributed by atoms with Crippen molar-refractivity contribution in [1.82, 2.24) is 10.2 Å². The van der Waals surface area contributed by atoms with Gasteiger partial charge in [0, 0.05) is 26.2 Å². The predicted octanol–water partition coefficient (Wildman–Crippen LogP) is 2.99. The van der Waals surface area contributed by atoms with Gasteiger partial charge in [-0.2, -0.15) is 13.2 Å². The minimum atomic E-state index is -5.08. The molecule has 2 aliphatic rings. The number of alkyl halides is 3. The molecule has 2 saturated heterocycles. The van der Waals surface area contributed by atoms with Crippen LogP contribution in [0.3, 0.4) is 0 Å². The smallest absolute Gasteiger partial charge is 0.475 e. The molecule has 0 aromatic heterocycles. The Kier molecular flexibility index (Phi) is 8.25. The number of carboxylic acid groups (broad SMARTS) is 1. The maximum absolute atomic E-state index is 12.4. The van der Waals surface area contributed by atoms with Crippen LogP contribution in [0.25, 0.3) is 0 Å². The molecule has 30 heavy (non-hydrogen) atoms. The number of nitrogens with zero attached hydrogens (tertiary/aromatic N) is 1. The van der Waals surface area contributed by atoms with Crippen LogP contribution in [0, 0.1) is 18.8 Å². The van der Waals surface area contributed by atoms with E-state index in [-0.39, 0.29) is 24.0 Å². The number of likely N-dealkylation sites (tertiary alicyclic amines) is 1. The van der Waals surface area contributed by atoms with Gasteiger partial charge in [-0.05, 0) is 30.4 Å². The molecule has 2 heterocycles. The summed E-state index contributed by atoms with van der Waals surface area (Å²) in [5, 5.41) is 10.2. The second-order valence-corrected chi connectivity index (χ2v) is 8.20. The third-order valence-corrected chi connectivity index (χ3v) is 5.15. The number of fused-ring (bicyclic) bond motifs is 2. The maximum atomic E-state index is 12.4. The fourth-order valence-corrected chi connectivity index (χ4v) is 3.61. The summed E-state index contributed by atoms with van der Waals surface area (Å²) >= 11 is 0. The summed E-state index contributed by atoms with van der Waals surface area (Å²) in [5.41, 5.74) is 2.70. The van der Waals surface area contributed by atoms with Crippen LogP contribution in [0.5, 0.6) is 0 Å². The van der Waals surface area contributed by atoms with Gasteiger partial charge in [0.05, 0.1) is 18.1 Å². The topological polar surface area (TPSA) is 78.9 Å². The van der Waals surface area contributed by atoms with Crippen LogP contribution in [0.1, 0.15) is 31.4 Å². The highest BCUT2D eigenvalue weighted by molar-refractivity contribution is 5.79. The number of morpholine rings is 1. The summed E-state index contributed by atoms with van der Waals surface area (Å²) in [6.45, 7) is 9.88. The molecule has 168 valence electrons. The van der Waals surface area contributed by atoms with Gasteiger partial charge in [0.2, 0.25) is 5.91 Å². The summed E-state index contributed by atoms with van der Waals surface area (Å²) in [4.78, 5) is 23.7. The van der Waals surface area contributed by atoms with E-state index in [0.29, 0.717) is 5.92 Å². The molecule has 2 fully saturated rings. The van der Waals surface area contributed by atoms with E-state index in [4.69, 9.17) is 14.6 Å². The zero-order valence-corrected chi connectivity index (χ0v) is 17.4. The van der Waals surface area contributed by atoms with Crippen LogP contribution >= 0.6 is 0 Å². The second kappa shape index (κ2) is 10.3. The van der Waals surface area contributed by atoms with Crippen molar-refractivity contribution in [3.63, 3.8) is 0 Å². The number of rotatable bonds is 5. The number of carbonyl (C=O) groups excluding carboxylic acids is 1. The molecule has 1 amide bonds. The molecule has 2 aliphatic heterocycles. The zero-order valence-electron chi connectivity index (χ0n) is 17.4. The van der Waals surface area contributed by atoms with Crippen LogP contribution in [-0.2, 0) is 20.9 Å². The summed E-state index contributed by atoms with van der Waals surface area (Å²) in [6, 6.07) is 8.53. The molecule has 0 aliphatic carbocycles. The Labute approximate surface area is 174 Å². The molecule has 3 atom stereocenters. The van der Waals surface area contributed by atoms with Crippen LogP contribution < -0.4 is 5.32 Å². The van der Waals surface area contributed by atoms with Crippen molar-refractivity contribution in [2.45, 2.75) is 52.1 Å². The van der Waals surface area contributed by atoms with Crippen LogP contribution in [0.15, 0.2) is 24.3 Å². The number of amides is 1. The van der Waals surface area contributed by atoms with Crippen molar-refractivity contribution in [1.29, 1.82) is 0 Å². The molecule has 9 heteroatoms. The average Bonchev–Trinajstić information content (AvgIpc) is 2.95. The van der Waals surface area contributed by atoms with E-state index in [1.54, 1.807) is 0 Å². The van der Waals surface area contributed by atoms with E-state index in [1.165, 1.54) is 11.1 Å². The SMILES string of the molecule is Cc1ccccc1CN1CC2CC(C(=O)NCC(C)C)C(C1)O2.O=C(O)C(F)(F)F. The Morgan fingerprint density at radius 1 is 1.27 bits per heavy atom.